The molecule has 0 saturated heterocycles. The van der Waals surface area contributed by atoms with E-state index < -0.39 is 20.9 Å². The Morgan fingerprint density at radius 2 is 1.69 bits per heavy atom. The van der Waals surface area contributed by atoms with E-state index in [2.05, 4.69) is 10.5 Å². The number of hydrazone groups is 1. The van der Waals surface area contributed by atoms with E-state index in [0.717, 1.165) is 17.4 Å². The number of rotatable bonds is 9. The largest absolute Gasteiger partial charge is 0.455 e. The second-order valence-corrected chi connectivity index (χ2v) is 10.8. The number of non-ortho nitro benzene ring substituents is 1. The molecule has 11 heteroatoms. The number of aryl methyl sites for hydroxylation is 2. The summed E-state index contributed by atoms with van der Waals surface area (Å²) in [6.45, 7) is 4.02. The van der Waals surface area contributed by atoms with Crippen LogP contribution in [0.2, 0.25) is 0 Å². The summed E-state index contributed by atoms with van der Waals surface area (Å²) in [5.74, 6) is 0.428. The van der Waals surface area contributed by atoms with E-state index in [1.165, 1.54) is 22.7 Å². The quantitative estimate of drug-likeness (QED) is 0.174. The third kappa shape index (κ3) is 6.76. The number of nitrogens with zero attached hydrogens (tertiary/aromatic N) is 3. The van der Waals surface area contributed by atoms with Crippen LogP contribution in [0, 0.1) is 24.0 Å². The minimum atomic E-state index is -3.53. The maximum absolute atomic E-state index is 12.5. The topological polar surface area (TPSA) is 135 Å². The Labute approximate surface area is 225 Å². The van der Waals surface area contributed by atoms with E-state index in [4.69, 9.17) is 4.42 Å². The van der Waals surface area contributed by atoms with Crippen molar-refractivity contribution < 1.29 is 22.6 Å². The smallest absolute Gasteiger partial charge is 0.271 e. The van der Waals surface area contributed by atoms with Gasteiger partial charge < -0.3 is 4.42 Å². The zero-order valence-electron chi connectivity index (χ0n) is 21.5. The number of carbonyl (C=O) groups excluding carboxylic acids is 1. The average Bonchev–Trinajstić information content (AvgIpc) is 3.37. The number of nitrogens with one attached hydrogen (secondary N) is 1. The molecule has 1 N–H and O–H groups in total. The molecule has 1 aromatic heterocycles. The zero-order chi connectivity index (χ0) is 28.2. The highest BCUT2D eigenvalue weighted by Crippen LogP contribution is 2.25. The van der Waals surface area contributed by atoms with Gasteiger partial charge in [-0.25, -0.2) is 13.8 Å². The highest BCUT2D eigenvalue weighted by atomic mass is 32.2. The molecule has 4 aromatic rings. The number of hydrogen-bond donors (Lipinski definition) is 1. The lowest BCUT2D eigenvalue weighted by molar-refractivity contribution is -0.384. The summed E-state index contributed by atoms with van der Waals surface area (Å²) in [5.41, 5.74) is 6.77. The van der Waals surface area contributed by atoms with Crippen molar-refractivity contribution in [2.45, 2.75) is 20.4 Å². The SMILES string of the molecule is Cc1ccc(N(Cc2ccc(C(=O)NN=Cc3ccc(-c4ccc([N+](=O)[O-])cc4)o3)cc2)S(C)(=O)=O)cc1C. The Bertz CT molecular complexity index is 1640. The molecule has 0 saturated carbocycles. The fourth-order valence-corrected chi connectivity index (χ4v) is 4.63. The molecule has 0 spiro atoms. The number of amides is 1. The van der Waals surface area contributed by atoms with Gasteiger partial charge in [0.2, 0.25) is 10.0 Å². The molecule has 3 aromatic carbocycles. The van der Waals surface area contributed by atoms with E-state index in [0.29, 0.717) is 33.9 Å². The molecule has 0 radical (unpaired) electrons. The second-order valence-electron chi connectivity index (χ2n) is 8.94. The van der Waals surface area contributed by atoms with Crippen molar-refractivity contribution in [3.8, 4) is 11.3 Å². The van der Waals surface area contributed by atoms with Crippen LogP contribution in [0.4, 0.5) is 11.4 Å². The molecule has 0 unspecified atom stereocenters. The maximum atomic E-state index is 12.5. The standard InChI is InChI=1S/C28H26N4O6S/c1-19-4-11-25(16-20(19)2)31(39(3,36)37)18-21-5-7-23(8-6-21)28(33)30-29-17-26-14-15-27(38-26)22-9-12-24(13-10-22)32(34)35/h4-17H,18H2,1-3H3,(H,30,33). The third-order valence-electron chi connectivity index (χ3n) is 6.07. The molecule has 10 nitrogen and oxygen atoms in total. The number of sulfonamides is 1. The van der Waals surface area contributed by atoms with Gasteiger partial charge in [0, 0.05) is 23.3 Å². The highest BCUT2D eigenvalue weighted by Gasteiger charge is 2.19. The van der Waals surface area contributed by atoms with Gasteiger partial charge in [0.1, 0.15) is 11.5 Å². The van der Waals surface area contributed by atoms with Crippen LogP contribution >= 0.6 is 0 Å². The zero-order valence-corrected chi connectivity index (χ0v) is 22.3. The maximum Gasteiger partial charge on any atom is 0.271 e. The molecule has 200 valence electrons. The van der Waals surface area contributed by atoms with Crippen molar-refractivity contribution in [2.24, 2.45) is 5.10 Å². The average molecular weight is 547 g/mol. The first kappa shape index (κ1) is 27.3. The molecule has 4 rings (SSSR count). The fraction of sp³-hybridized carbons (Fsp3) is 0.143. The predicted octanol–water partition coefficient (Wildman–Crippen LogP) is 5.20. The second kappa shape index (κ2) is 11.3. The van der Waals surface area contributed by atoms with Crippen molar-refractivity contribution in [1.82, 2.24) is 5.43 Å². The fourth-order valence-electron chi connectivity index (χ4n) is 3.75. The van der Waals surface area contributed by atoms with Gasteiger partial charge in [-0.05, 0) is 79.1 Å². The first-order valence-corrected chi connectivity index (χ1v) is 13.7. The Hall–Kier alpha value is -4.77. The van der Waals surface area contributed by atoms with Crippen molar-refractivity contribution in [3.05, 3.63) is 117 Å². The number of hydrogen-bond acceptors (Lipinski definition) is 7. The van der Waals surface area contributed by atoms with Gasteiger partial charge in [0.25, 0.3) is 11.6 Å². The summed E-state index contributed by atoms with van der Waals surface area (Å²) < 4.78 is 31.9. The van der Waals surface area contributed by atoms with Crippen LogP contribution < -0.4 is 9.73 Å². The van der Waals surface area contributed by atoms with Gasteiger partial charge in [-0.1, -0.05) is 18.2 Å². The Kier molecular flexibility index (Phi) is 7.91. The van der Waals surface area contributed by atoms with E-state index in [-0.39, 0.29) is 12.2 Å². The van der Waals surface area contributed by atoms with Crippen LogP contribution in [0.3, 0.4) is 0 Å². The number of furan rings is 1. The van der Waals surface area contributed by atoms with Gasteiger partial charge in [-0.2, -0.15) is 5.10 Å². The number of benzene rings is 3. The minimum Gasteiger partial charge on any atom is -0.455 e. The Morgan fingerprint density at radius 3 is 2.31 bits per heavy atom. The van der Waals surface area contributed by atoms with Crippen molar-refractivity contribution in [2.75, 3.05) is 10.6 Å². The summed E-state index contributed by atoms with van der Waals surface area (Å²) >= 11 is 0. The first-order chi connectivity index (χ1) is 18.5. The molecular weight excluding hydrogens is 520 g/mol. The lowest BCUT2D eigenvalue weighted by atomic mass is 10.1. The van der Waals surface area contributed by atoms with Crippen molar-refractivity contribution in [1.29, 1.82) is 0 Å². The summed E-state index contributed by atoms with van der Waals surface area (Å²) in [7, 11) is -3.53. The molecular formula is C28H26N4O6S. The van der Waals surface area contributed by atoms with Crippen LogP contribution in [0.15, 0.2) is 88.4 Å². The molecule has 1 amide bonds. The third-order valence-corrected chi connectivity index (χ3v) is 7.21. The summed E-state index contributed by atoms with van der Waals surface area (Å²) in [6, 6.07) is 21.4. The summed E-state index contributed by atoms with van der Waals surface area (Å²) in [5, 5.41) is 14.7. The van der Waals surface area contributed by atoms with Crippen LogP contribution in [0.25, 0.3) is 11.3 Å². The minimum absolute atomic E-state index is 0.0167. The van der Waals surface area contributed by atoms with Gasteiger partial charge in [0.05, 0.1) is 29.6 Å². The summed E-state index contributed by atoms with van der Waals surface area (Å²) in [6.07, 6.45) is 2.50. The molecule has 0 aliphatic heterocycles. The first-order valence-electron chi connectivity index (χ1n) is 11.8. The van der Waals surface area contributed by atoms with E-state index in [9.17, 15) is 23.3 Å². The highest BCUT2D eigenvalue weighted by molar-refractivity contribution is 7.92. The number of nitro benzene ring substituents is 1. The van der Waals surface area contributed by atoms with E-state index in [1.54, 1.807) is 54.6 Å². The van der Waals surface area contributed by atoms with Crippen LogP contribution in [0.1, 0.15) is 32.8 Å². The molecule has 0 fully saturated rings. The summed E-state index contributed by atoms with van der Waals surface area (Å²) in [4.78, 5) is 22.8. The van der Waals surface area contributed by atoms with Gasteiger partial charge in [0.15, 0.2) is 0 Å². The molecule has 0 aliphatic carbocycles. The predicted molar refractivity (Wildman–Crippen MR) is 149 cm³/mol. The van der Waals surface area contributed by atoms with Crippen LogP contribution in [0.5, 0.6) is 0 Å². The van der Waals surface area contributed by atoms with Crippen LogP contribution in [-0.4, -0.2) is 31.7 Å². The van der Waals surface area contributed by atoms with Crippen LogP contribution in [-0.2, 0) is 16.6 Å². The van der Waals surface area contributed by atoms with Gasteiger partial charge in [-0.3, -0.25) is 19.2 Å². The molecule has 39 heavy (non-hydrogen) atoms. The Morgan fingerprint density at radius 1 is 1.00 bits per heavy atom. The number of nitro groups is 1. The molecule has 0 atom stereocenters. The van der Waals surface area contributed by atoms with Crippen molar-refractivity contribution >= 4 is 33.5 Å². The molecule has 0 aliphatic rings. The Balaban J connectivity index is 1.38. The monoisotopic (exact) mass is 546 g/mol. The van der Waals surface area contributed by atoms with Gasteiger partial charge in [-0.15, -0.1) is 0 Å². The van der Waals surface area contributed by atoms with E-state index in [1.807, 2.05) is 26.0 Å². The van der Waals surface area contributed by atoms with Crippen molar-refractivity contribution in [3.63, 3.8) is 0 Å². The molecule has 0 bridgehead atoms. The number of carbonyl (C=O) groups is 1. The van der Waals surface area contributed by atoms with E-state index >= 15 is 0 Å². The van der Waals surface area contributed by atoms with Gasteiger partial charge >= 0.3 is 0 Å². The normalized spacial score (nSPS) is 11.5. The molecule has 1 heterocycles. The lowest BCUT2D eigenvalue weighted by Crippen LogP contribution is -2.29. The lowest BCUT2D eigenvalue weighted by Gasteiger charge is -2.23. The number of anilines is 1.